The Hall–Kier alpha value is 0.0860. The minimum Gasteiger partial charge on any atom is -0.412 e. The van der Waals surface area contributed by atoms with Crippen molar-refractivity contribution in [3.63, 3.8) is 0 Å². The molecule has 2 saturated heterocycles. The van der Waals surface area contributed by atoms with E-state index in [4.69, 9.17) is 69.6 Å². The van der Waals surface area contributed by atoms with Crippen molar-refractivity contribution in [3.05, 3.63) is 71.8 Å². The Morgan fingerprint density at radius 1 is 0.620 bits per heavy atom. The first-order valence-electron chi connectivity index (χ1n) is 16.2. The summed E-state index contributed by atoms with van der Waals surface area (Å²) in [5, 5.41) is 5.92. The quantitative estimate of drug-likeness (QED) is 0.221. The molecule has 2 fully saturated rings. The Labute approximate surface area is 336 Å². The number of hydrogen-bond acceptors (Lipinski definition) is 4. The maximum absolute atomic E-state index is 14.3. The molecule has 0 bridgehead atoms. The van der Waals surface area contributed by atoms with Gasteiger partial charge in [0.15, 0.2) is 0 Å². The zero-order chi connectivity index (χ0) is 34.8. The van der Waals surface area contributed by atoms with E-state index in [1.54, 1.807) is 0 Å². The van der Waals surface area contributed by atoms with Gasteiger partial charge >= 0.3 is 0 Å². The predicted molar refractivity (Wildman–Crippen MR) is 230 cm³/mol. The number of alkyl halides is 2. The Bertz CT molecular complexity index is 1020. The van der Waals surface area contributed by atoms with Crippen LogP contribution in [0.5, 0.6) is 0 Å². The molecule has 2 aromatic carbocycles. The van der Waals surface area contributed by atoms with Crippen LogP contribution in [0, 0.1) is 0 Å². The molecule has 6 N–H and O–H groups in total. The molecule has 0 spiro atoms. The van der Waals surface area contributed by atoms with Crippen molar-refractivity contribution >= 4 is 149 Å². The van der Waals surface area contributed by atoms with Gasteiger partial charge in [-0.3, -0.25) is 9.80 Å². The smallest absolute Gasteiger partial charge is 0.125 e. The molecule has 2 aliphatic rings. The van der Waals surface area contributed by atoms with Crippen LogP contribution >= 0.6 is 0 Å². The third-order valence-corrected chi connectivity index (χ3v) is 8.24. The van der Waals surface area contributed by atoms with Gasteiger partial charge in [0.05, 0.1) is 0 Å². The molecule has 26 heteroatoms. The molecule has 0 unspecified atom stereocenters. The van der Waals surface area contributed by atoms with Crippen molar-refractivity contribution in [3.8, 4) is 0 Å². The fourth-order valence-corrected chi connectivity index (χ4v) is 5.87. The zero-order valence-electron chi connectivity index (χ0n) is 29.0. The maximum Gasteiger partial charge on any atom is 0.125 e. The van der Waals surface area contributed by atoms with Crippen LogP contribution in [0.25, 0.3) is 0 Å². The zero-order valence-corrected chi connectivity index (χ0v) is 32.9. The first-order chi connectivity index (χ1) is 22.4. The standard InChI is InChI=1S/C19H23FN2.C5H11FN2.B17.2H2O.Pb/c20-19-15-21(13-17-7-3-1-4-8-17)11-12-22(16-19)14-18-9-5-2-6-10-18;6-5-3-7-1-2-8-4-5;1-10-15(11(2)3)17(14(8)9)16(12(4)5)13(6)7;;;/h1-10,19H,11-16H2;5,7-8H,1-4H2;;2*1H2;. The third kappa shape index (κ3) is 20.5. The Kier molecular flexibility index (Phi) is 30.7. The molecule has 235 valence electrons. The topological polar surface area (TPSA) is 93.5 Å². The number of halogens is 2. The number of nitrogens with one attached hydrogen (secondary N) is 2. The fourth-order valence-electron chi connectivity index (χ4n) is 5.87. The van der Waals surface area contributed by atoms with Crippen molar-refractivity contribution in [1.29, 1.82) is 0 Å². The second-order valence-electron chi connectivity index (χ2n) is 12.3. The SMILES string of the molecule is FC1CN(Cc2ccccc2)CCN(Cc2ccccc2)C1.FC1CNCCNC1.O.O.[B][B]B(B([B])[B])B(B([B])[B])B(B([B])[B])B([B])[B].[Pb]. The van der Waals surface area contributed by atoms with Gasteiger partial charge in [-0.1, -0.05) is 60.7 Å². The van der Waals surface area contributed by atoms with Crippen LogP contribution in [0.1, 0.15) is 11.1 Å². The van der Waals surface area contributed by atoms with Crippen LogP contribution in [-0.2, 0) is 13.1 Å². The van der Waals surface area contributed by atoms with E-state index >= 15 is 0 Å². The Morgan fingerprint density at radius 2 is 1.00 bits per heavy atom. The molecular weight excluding hydrogens is 805 g/mol. The van der Waals surface area contributed by atoms with Crippen LogP contribution < -0.4 is 10.6 Å². The molecule has 6 nitrogen and oxygen atoms in total. The molecule has 2 heterocycles. The van der Waals surface area contributed by atoms with E-state index in [-0.39, 0.29) is 38.3 Å². The van der Waals surface area contributed by atoms with Gasteiger partial charge in [0.25, 0.3) is 0 Å². The van der Waals surface area contributed by atoms with Gasteiger partial charge in [0, 0.05) is 214 Å². The first-order valence-corrected chi connectivity index (χ1v) is 16.2. The second kappa shape index (κ2) is 29.4. The summed E-state index contributed by atoms with van der Waals surface area (Å²) >= 11 is 0. The van der Waals surface area contributed by atoms with E-state index in [1.807, 2.05) is 36.4 Å². The Morgan fingerprint density at radius 3 is 1.32 bits per heavy atom. The Balaban J connectivity index is 0. The maximum atomic E-state index is 14.3. The number of rotatable bonds is 11. The van der Waals surface area contributed by atoms with Gasteiger partial charge in [-0.15, -0.1) is 0 Å². The van der Waals surface area contributed by atoms with Gasteiger partial charge in [-0.25, -0.2) is 8.78 Å². The molecular formula is C24H38B17F2N4O2Pb. The summed E-state index contributed by atoms with van der Waals surface area (Å²) in [6, 6.07) is 20.7. The third-order valence-electron chi connectivity index (χ3n) is 8.24. The van der Waals surface area contributed by atoms with E-state index in [0.29, 0.717) is 26.2 Å². The average molecular weight is 844 g/mol. The van der Waals surface area contributed by atoms with Gasteiger partial charge in [0.2, 0.25) is 0 Å². The van der Waals surface area contributed by atoms with Crippen molar-refractivity contribution in [2.75, 3.05) is 52.4 Å². The van der Waals surface area contributed by atoms with Crippen molar-refractivity contribution < 1.29 is 19.7 Å². The molecule has 0 amide bonds. The van der Waals surface area contributed by atoms with Crippen molar-refractivity contribution in [2.45, 2.75) is 25.4 Å². The fraction of sp³-hybridized carbons (Fsp3) is 0.500. The van der Waals surface area contributed by atoms with Gasteiger partial charge in [0.1, 0.15) is 12.3 Å². The van der Waals surface area contributed by atoms with Crippen LogP contribution in [0.15, 0.2) is 60.7 Å². The largest absolute Gasteiger partial charge is 0.412 e. The second-order valence-corrected chi connectivity index (χ2v) is 12.3. The van der Waals surface area contributed by atoms with Crippen molar-refractivity contribution in [1.82, 2.24) is 20.4 Å². The van der Waals surface area contributed by atoms with Crippen LogP contribution in [-0.4, -0.2) is 234 Å². The molecule has 0 aromatic heterocycles. The summed E-state index contributed by atoms with van der Waals surface area (Å²) in [4.78, 5) is 4.45. The van der Waals surface area contributed by atoms with E-state index in [0.717, 1.165) is 39.3 Å². The van der Waals surface area contributed by atoms with E-state index < -0.39 is 57.0 Å². The van der Waals surface area contributed by atoms with Gasteiger partial charge < -0.3 is 21.6 Å². The molecule has 0 aliphatic carbocycles. The van der Waals surface area contributed by atoms with Gasteiger partial charge in [-0.2, -0.15) is 0 Å². The predicted octanol–water partition coefficient (Wildman–Crippen LogP) is -5.64. The first kappa shape index (κ1) is 52.2. The molecule has 0 saturated carbocycles. The minimum absolute atomic E-state index is 0. The van der Waals surface area contributed by atoms with Crippen LogP contribution in [0.2, 0.25) is 0 Å². The normalized spacial score (nSPS) is 15.1. The molecule has 23 radical (unpaired) electrons. The summed E-state index contributed by atoms with van der Waals surface area (Å²) in [5.41, 5.74) is 2.51. The van der Waals surface area contributed by atoms with Crippen LogP contribution in [0.3, 0.4) is 0 Å². The van der Waals surface area contributed by atoms with E-state index in [1.165, 1.54) is 18.2 Å². The summed E-state index contributed by atoms with van der Waals surface area (Å²) in [7, 11) is 52.0. The summed E-state index contributed by atoms with van der Waals surface area (Å²) in [6.07, 6.45) is -6.14. The molecule has 50 heavy (non-hydrogen) atoms. The number of benzene rings is 2. The van der Waals surface area contributed by atoms with Gasteiger partial charge in [-0.05, 0) is 11.1 Å². The molecule has 2 aromatic rings. The van der Waals surface area contributed by atoms with Crippen molar-refractivity contribution in [2.24, 2.45) is 0 Å². The van der Waals surface area contributed by atoms with E-state index in [9.17, 15) is 8.78 Å². The minimum atomic E-state index is -0.796. The molecule has 0 atom stereocenters. The summed E-state index contributed by atoms with van der Waals surface area (Å²) in [6.45, 7) is 7.35. The molecule has 4 rings (SSSR count). The van der Waals surface area contributed by atoms with Crippen LogP contribution in [0.4, 0.5) is 8.78 Å². The molecule has 2 aliphatic heterocycles. The summed E-state index contributed by atoms with van der Waals surface area (Å²) in [5.74, 6) is 0. The van der Waals surface area contributed by atoms with E-state index in [2.05, 4.69) is 44.7 Å². The number of nitrogens with zero attached hydrogens (tertiary/aromatic N) is 2. The monoisotopic (exact) mass is 847 g/mol. The number of hydrogen-bond donors (Lipinski definition) is 2. The summed E-state index contributed by atoms with van der Waals surface area (Å²) < 4.78 is 26.6. The average Bonchev–Trinajstić information content (AvgIpc) is 3.37.